The third kappa shape index (κ3) is 3.91. The van der Waals surface area contributed by atoms with Gasteiger partial charge in [-0.3, -0.25) is 4.79 Å². The van der Waals surface area contributed by atoms with Gasteiger partial charge in [-0.15, -0.1) is 0 Å². The Labute approximate surface area is 200 Å². The smallest absolute Gasteiger partial charge is 0.261 e. The third-order valence-corrected chi connectivity index (χ3v) is 5.91. The minimum atomic E-state index is -0.380. The van der Waals surface area contributed by atoms with E-state index < -0.39 is 0 Å². The number of carbonyl (C=O) groups is 1. The number of benzene rings is 2. The summed E-state index contributed by atoms with van der Waals surface area (Å²) in [4.78, 5) is 18.1. The number of imidazole rings is 1. The number of hydrogen-bond acceptors (Lipinski definition) is 5. The van der Waals surface area contributed by atoms with Crippen molar-refractivity contribution in [3.8, 4) is 28.3 Å². The molecule has 2 aromatic carbocycles. The van der Waals surface area contributed by atoms with Crippen molar-refractivity contribution in [2.45, 2.75) is 13.8 Å². The molecule has 0 bridgehead atoms. The van der Waals surface area contributed by atoms with Crippen molar-refractivity contribution in [3.63, 3.8) is 0 Å². The van der Waals surface area contributed by atoms with Crippen LogP contribution in [-0.4, -0.2) is 27.6 Å². The highest BCUT2D eigenvalue weighted by Crippen LogP contribution is 2.34. The number of anilines is 1. The topological polar surface area (TPSA) is 81.7 Å². The van der Waals surface area contributed by atoms with Crippen LogP contribution in [0.3, 0.4) is 0 Å². The Morgan fingerprint density at radius 1 is 1.12 bits per heavy atom. The zero-order valence-electron chi connectivity index (χ0n) is 18.8. The first-order chi connectivity index (χ1) is 16.4. The molecule has 0 unspecified atom stereocenters. The van der Waals surface area contributed by atoms with Gasteiger partial charge in [0.1, 0.15) is 28.4 Å². The number of nitrogens with zero attached hydrogens (tertiary/aromatic N) is 3. The number of rotatable bonds is 5. The van der Waals surface area contributed by atoms with Gasteiger partial charge in [0.25, 0.3) is 5.91 Å². The fourth-order valence-corrected chi connectivity index (χ4v) is 4.07. The van der Waals surface area contributed by atoms with E-state index in [0.717, 1.165) is 22.5 Å². The van der Waals surface area contributed by atoms with Crippen LogP contribution in [0, 0.1) is 13.8 Å². The van der Waals surface area contributed by atoms with Gasteiger partial charge >= 0.3 is 0 Å². The number of fused-ring (bicyclic) bond motifs is 1. The van der Waals surface area contributed by atoms with Crippen molar-refractivity contribution in [1.29, 1.82) is 0 Å². The fraction of sp³-hybridized carbons (Fsp3) is 0.115. The van der Waals surface area contributed by atoms with Crippen LogP contribution in [0.1, 0.15) is 21.7 Å². The zero-order chi connectivity index (χ0) is 23.8. The van der Waals surface area contributed by atoms with E-state index in [2.05, 4.69) is 10.5 Å². The van der Waals surface area contributed by atoms with Gasteiger partial charge in [-0.2, -0.15) is 0 Å². The Hall–Kier alpha value is -4.10. The van der Waals surface area contributed by atoms with Crippen LogP contribution in [0.15, 0.2) is 71.5 Å². The lowest BCUT2D eigenvalue weighted by Crippen LogP contribution is -2.14. The lowest BCUT2D eigenvalue weighted by molar-refractivity contribution is 0.102. The van der Waals surface area contributed by atoms with E-state index in [0.29, 0.717) is 39.0 Å². The molecule has 7 nitrogen and oxygen atoms in total. The molecule has 0 aliphatic heterocycles. The molecule has 0 spiro atoms. The van der Waals surface area contributed by atoms with E-state index in [9.17, 15) is 4.79 Å². The summed E-state index contributed by atoms with van der Waals surface area (Å²) < 4.78 is 12.8. The summed E-state index contributed by atoms with van der Waals surface area (Å²) in [5, 5.41) is 7.51. The number of amides is 1. The van der Waals surface area contributed by atoms with Crippen LogP contribution in [0.4, 0.5) is 5.69 Å². The maximum Gasteiger partial charge on any atom is 0.261 e. The maximum absolute atomic E-state index is 13.4. The number of pyridine rings is 1. The average Bonchev–Trinajstić information content (AvgIpc) is 3.42. The molecule has 0 atom stereocenters. The van der Waals surface area contributed by atoms with Crippen molar-refractivity contribution in [2.75, 3.05) is 12.4 Å². The van der Waals surface area contributed by atoms with Gasteiger partial charge in [0.2, 0.25) is 0 Å². The second-order valence-electron chi connectivity index (χ2n) is 7.91. The van der Waals surface area contributed by atoms with Crippen LogP contribution < -0.4 is 10.1 Å². The molecule has 0 saturated carbocycles. The molecule has 0 saturated heterocycles. The Morgan fingerprint density at radius 3 is 2.74 bits per heavy atom. The van der Waals surface area contributed by atoms with E-state index in [1.54, 1.807) is 32.2 Å². The normalized spacial score (nSPS) is 11.1. The second kappa shape index (κ2) is 8.68. The second-order valence-corrected chi connectivity index (χ2v) is 8.31. The Balaban J connectivity index is 1.52. The largest absolute Gasteiger partial charge is 0.495 e. The molecule has 0 fully saturated rings. The first-order valence-electron chi connectivity index (χ1n) is 10.6. The summed E-state index contributed by atoms with van der Waals surface area (Å²) in [5.74, 6) is 0.526. The van der Waals surface area contributed by atoms with Crippen molar-refractivity contribution < 1.29 is 14.1 Å². The van der Waals surface area contributed by atoms with Crippen molar-refractivity contribution in [3.05, 3.63) is 88.9 Å². The van der Waals surface area contributed by atoms with E-state index in [1.165, 1.54) is 0 Å². The van der Waals surface area contributed by atoms with Crippen molar-refractivity contribution >= 4 is 28.8 Å². The van der Waals surface area contributed by atoms with E-state index in [1.807, 2.05) is 60.1 Å². The number of methoxy groups -OCH3 is 1. The van der Waals surface area contributed by atoms with Crippen LogP contribution in [0.2, 0.25) is 5.02 Å². The highest BCUT2D eigenvalue weighted by Gasteiger charge is 2.24. The number of aryl methyl sites for hydroxylation is 2. The van der Waals surface area contributed by atoms with Gasteiger partial charge in [-0.25, -0.2) is 4.98 Å². The molecule has 1 N–H and O–H groups in total. The Bertz CT molecular complexity index is 1540. The van der Waals surface area contributed by atoms with Crippen molar-refractivity contribution in [1.82, 2.24) is 14.5 Å². The molecule has 1 amide bonds. The van der Waals surface area contributed by atoms with Gasteiger partial charge < -0.3 is 19.0 Å². The molecule has 5 aromatic rings. The quantitative estimate of drug-likeness (QED) is 0.330. The number of aromatic nitrogens is 3. The van der Waals surface area contributed by atoms with Gasteiger partial charge in [0.05, 0.1) is 23.5 Å². The summed E-state index contributed by atoms with van der Waals surface area (Å²) in [7, 11) is 1.55. The molecule has 0 aliphatic rings. The van der Waals surface area contributed by atoms with Gasteiger partial charge in [0.15, 0.2) is 0 Å². The molecule has 5 rings (SSSR count). The molecule has 3 heterocycles. The Kier molecular flexibility index (Phi) is 5.55. The van der Waals surface area contributed by atoms with Gasteiger partial charge in [-0.1, -0.05) is 35.0 Å². The summed E-state index contributed by atoms with van der Waals surface area (Å²) in [6, 6.07) is 16.8. The van der Waals surface area contributed by atoms with Crippen LogP contribution in [-0.2, 0) is 0 Å². The minimum absolute atomic E-state index is 0.309. The number of nitrogens with one attached hydrogen (secondary N) is 1. The maximum atomic E-state index is 13.4. The highest BCUT2D eigenvalue weighted by molar-refractivity contribution is 6.33. The van der Waals surface area contributed by atoms with Gasteiger partial charge in [0, 0.05) is 23.5 Å². The van der Waals surface area contributed by atoms with Gasteiger partial charge in [-0.05, 0) is 55.8 Å². The number of halogens is 1. The summed E-state index contributed by atoms with van der Waals surface area (Å²) >= 11 is 6.34. The Morgan fingerprint density at radius 2 is 1.94 bits per heavy atom. The summed E-state index contributed by atoms with van der Waals surface area (Å²) in [6.07, 6.45) is 3.92. The molecular weight excluding hydrogens is 452 g/mol. The van der Waals surface area contributed by atoms with E-state index in [-0.39, 0.29) is 5.91 Å². The first kappa shape index (κ1) is 21.7. The SMILES string of the molecule is COc1ccc(-c2cn3ccc(C)cc3n2)cc1NC(=O)c1c(-c2ccccc2Cl)noc1C. The average molecular weight is 473 g/mol. The van der Waals surface area contributed by atoms with E-state index >= 15 is 0 Å². The minimum Gasteiger partial charge on any atom is -0.495 e. The zero-order valence-corrected chi connectivity index (χ0v) is 19.6. The summed E-state index contributed by atoms with van der Waals surface area (Å²) in [6.45, 7) is 3.72. The van der Waals surface area contributed by atoms with Crippen LogP contribution in [0.5, 0.6) is 5.75 Å². The molecule has 170 valence electrons. The lowest BCUT2D eigenvalue weighted by atomic mass is 10.1. The molecule has 0 aliphatic carbocycles. The monoisotopic (exact) mass is 472 g/mol. The summed E-state index contributed by atoms with van der Waals surface area (Å²) in [5.41, 5.74) is 5.41. The molecule has 34 heavy (non-hydrogen) atoms. The number of ether oxygens (including phenoxy) is 1. The van der Waals surface area contributed by atoms with E-state index in [4.69, 9.17) is 25.8 Å². The van der Waals surface area contributed by atoms with Crippen LogP contribution >= 0.6 is 11.6 Å². The standard InChI is InChI=1S/C26H21ClN4O3/c1-15-10-11-31-14-21(28-23(31)12-15)17-8-9-22(33-3)20(13-17)29-26(32)24-16(2)34-30-25(24)18-6-4-5-7-19(18)27/h4-14H,1-3H3,(H,29,32). The molecule has 3 aromatic heterocycles. The molecule has 8 heteroatoms. The van der Waals surface area contributed by atoms with Crippen molar-refractivity contribution in [2.24, 2.45) is 0 Å². The van der Waals surface area contributed by atoms with Crippen LogP contribution in [0.25, 0.3) is 28.2 Å². The third-order valence-electron chi connectivity index (χ3n) is 5.58. The predicted molar refractivity (Wildman–Crippen MR) is 132 cm³/mol. The molecular formula is C26H21ClN4O3. The predicted octanol–water partition coefficient (Wildman–Crippen LogP) is 6.19. The highest BCUT2D eigenvalue weighted by atomic mass is 35.5. The lowest BCUT2D eigenvalue weighted by Gasteiger charge is -2.12. The molecule has 0 radical (unpaired) electrons. The first-order valence-corrected chi connectivity index (χ1v) is 11.0. The number of hydrogen-bond donors (Lipinski definition) is 1. The fourth-order valence-electron chi connectivity index (χ4n) is 3.85. The number of carbonyl (C=O) groups excluding carboxylic acids is 1.